The zero-order chi connectivity index (χ0) is 23.0. The van der Waals surface area contributed by atoms with E-state index in [1.54, 1.807) is 18.5 Å². The molecule has 0 bridgehead atoms. The van der Waals surface area contributed by atoms with Crippen molar-refractivity contribution in [2.75, 3.05) is 0 Å². The summed E-state index contributed by atoms with van der Waals surface area (Å²) in [5.41, 5.74) is 7.60. The van der Waals surface area contributed by atoms with Crippen molar-refractivity contribution >= 4 is 17.1 Å². The van der Waals surface area contributed by atoms with Crippen LogP contribution in [0.1, 0.15) is 29.4 Å². The Kier molecular flexibility index (Phi) is 6.67. The van der Waals surface area contributed by atoms with E-state index in [0.717, 1.165) is 45.0 Å². The number of aliphatic imine (C=N–C) groups is 1. The normalized spacial score (nSPS) is 11.0. The molecule has 2 aromatic carbocycles. The molecule has 33 heavy (non-hydrogen) atoms. The summed E-state index contributed by atoms with van der Waals surface area (Å²) in [6.45, 7) is 6.83. The fraction of sp³-hybridized carbons (Fsp3) is 0.0714. The molecule has 0 aliphatic rings. The summed E-state index contributed by atoms with van der Waals surface area (Å²) < 4.78 is 0. The molecule has 0 atom stereocenters. The standard InChI is InChI=1S/C28H23N5/c1-20(23-14-15-24(17-29)32-18-23)33-27-13-8-12-26(22-9-4-3-5-10-22)28(27)21(2)31-19-25-11-6-7-16-30-25/h3-16,18,31H,2,19H2,1H3/b33-20+. The summed E-state index contributed by atoms with van der Waals surface area (Å²) in [5.74, 6) is 0. The molecule has 1 N–H and O–H groups in total. The van der Waals surface area contributed by atoms with Crippen LogP contribution < -0.4 is 5.32 Å². The molecule has 5 heteroatoms. The Morgan fingerprint density at radius 2 is 1.79 bits per heavy atom. The smallest absolute Gasteiger partial charge is 0.140 e. The monoisotopic (exact) mass is 429 g/mol. The Balaban J connectivity index is 1.74. The third kappa shape index (κ3) is 5.20. The van der Waals surface area contributed by atoms with E-state index in [2.05, 4.69) is 40.1 Å². The van der Waals surface area contributed by atoms with Crippen molar-refractivity contribution in [1.29, 1.82) is 5.26 Å². The lowest BCUT2D eigenvalue weighted by Crippen LogP contribution is -2.13. The van der Waals surface area contributed by atoms with Crippen molar-refractivity contribution in [3.05, 3.63) is 120 Å². The maximum atomic E-state index is 9.01. The van der Waals surface area contributed by atoms with Crippen LogP contribution in [0.15, 0.2) is 103 Å². The van der Waals surface area contributed by atoms with E-state index < -0.39 is 0 Å². The molecule has 0 unspecified atom stereocenters. The topological polar surface area (TPSA) is 74.0 Å². The SMILES string of the molecule is C=C(NCc1ccccn1)c1c(/N=C(\C)c2ccc(C#N)nc2)cccc1-c1ccccc1. The number of rotatable bonds is 7. The number of benzene rings is 2. The molecule has 0 saturated carbocycles. The number of pyridine rings is 2. The van der Waals surface area contributed by atoms with Crippen molar-refractivity contribution in [1.82, 2.24) is 15.3 Å². The number of nitrogens with zero attached hydrogens (tertiary/aromatic N) is 4. The van der Waals surface area contributed by atoms with E-state index in [1.165, 1.54) is 0 Å². The first-order valence-electron chi connectivity index (χ1n) is 10.6. The maximum Gasteiger partial charge on any atom is 0.140 e. The number of nitrogens with one attached hydrogen (secondary N) is 1. The fourth-order valence-electron chi connectivity index (χ4n) is 3.52. The molecular formula is C28H23N5. The Morgan fingerprint density at radius 1 is 0.970 bits per heavy atom. The predicted octanol–water partition coefficient (Wildman–Crippen LogP) is 5.92. The average Bonchev–Trinajstić information content (AvgIpc) is 2.88. The number of aromatic nitrogens is 2. The third-order valence-corrected chi connectivity index (χ3v) is 5.22. The van der Waals surface area contributed by atoms with E-state index in [-0.39, 0.29) is 0 Å². The molecule has 0 radical (unpaired) electrons. The zero-order valence-electron chi connectivity index (χ0n) is 18.4. The summed E-state index contributed by atoms with van der Waals surface area (Å²) >= 11 is 0. The third-order valence-electron chi connectivity index (χ3n) is 5.22. The van der Waals surface area contributed by atoms with Crippen LogP contribution in [0.3, 0.4) is 0 Å². The van der Waals surface area contributed by atoms with Gasteiger partial charge in [0, 0.05) is 34.9 Å². The average molecular weight is 430 g/mol. The lowest BCUT2D eigenvalue weighted by Gasteiger charge is -2.17. The summed E-state index contributed by atoms with van der Waals surface area (Å²) in [7, 11) is 0. The predicted molar refractivity (Wildman–Crippen MR) is 133 cm³/mol. The number of hydrogen-bond donors (Lipinski definition) is 1. The van der Waals surface area contributed by atoms with Gasteiger partial charge < -0.3 is 5.32 Å². The van der Waals surface area contributed by atoms with Crippen molar-refractivity contribution in [3.8, 4) is 17.2 Å². The molecule has 160 valence electrons. The quantitative estimate of drug-likeness (QED) is 0.370. The van der Waals surface area contributed by atoms with Crippen molar-refractivity contribution in [3.63, 3.8) is 0 Å². The van der Waals surface area contributed by atoms with Gasteiger partial charge in [-0.15, -0.1) is 0 Å². The van der Waals surface area contributed by atoms with E-state index >= 15 is 0 Å². The van der Waals surface area contributed by atoms with Crippen LogP contribution in [-0.4, -0.2) is 15.7 Å². The van der Waals surface area contributed by atoms with Crippen LogP contribution in [0.4, 0.5) is 5.69 Å². The van der Waals surface area contributed by atoms with Gasteiger partial charge in [0.2, 0.25) is 0 Å². The van der Waals surface area contributed by atoms with Gasteiger partial charge in [-0.1, -0.05) is 55.1 Å². The molecule has 4 aromatic rings. The first kappa shape index (κ1) is 21.7. The van der Waals surface area contributed by atoms with Gasteiger partial charge in [0.15, 0.2) is 0 Å². The lowest BCUT2D eigenvalue weighted by atomic mass is 9.96. The highest BCUT2D eigenvalue weighted by molar-refractivity contribution is 6.01. The molecule has 0 fully saturated rings. The number of nitriles is 1. The van der Waals surface area contributed by atoms with E-state index in [0.29, 0.717) is 12.2 Å². The van der Waals surface area contributed by atoms with Crippen LogP contribution in [-0.2, 0) is 6.54 Å². The molecule has 0 aliphatic carbocycles. The second-order valence-corrected chi connectivity index (χ2v) is 7.46. The van der Waals surface area contributed by atoms with Crippen LogP contribution >= 0.6 is 0 Å². The van der Waals surface area contributed by atoms with Crippen LogP contribution in [0, 0.1) is 11.3 Å². The van der Waals surface area contributed by atoms with Crippen LogP contribution in [0.2, 0.25) is 0 Å². The van der Waals surface area contributed by atoms with Gasteiger partial charge in [-0.3, -0.25) is 9.98 Å². The van der Waals surface area contributed by atoms with E-state index in [9.17, 15) is 0 Å². The molecule has 5 nitrogen and oxygen atoms in total. The van der Waals surface area contributed by atoms with Gasteiger partial charge in [0.05, 0.1) is 17.9 Å². The van der Waals surface area contributed by atoms with Gasteiger partial charge >= 0.3 is 0 Å². The Labute approximate surface area is 193 Å². The highest BCUT2D eigenvalue weighted by Crippen LogP contribution is 2.35. The van der Waals surface area contributed by atoms with Gasteiger partial charge in [-0.25, -0.2) is 4.98 Å². The fourth-order valence-corrected chi connectivity index (χ4v) is 3.52. The summed E-state index contributed by atoms with van der Waals surface area (Å²) in [6.07, 6.45) is 3.45. The Morgan fingerprint density at radius 3 is 2.48 bits per heavy atom. The van der Waals surface area contributed by atoms with Crippen LogP contribution in [0.5, 0.6) is 0 Å². The molecule has 2 heterocycles. The zero-order valence-corrected chi connectivity index (χ0v) is 18.4. The molecular weight excluding hydrogens is 406 g/mol. The molecule has 0 saturated heterocycles. The van der Waals surface area contributed by atoms with Crippen LogP contribution in [0.25, 0.3) is 16.8 Å². The van der Waals surface area contributed by atoms with Crippen molar-refractivity contribution in [2.24, 2.45) is 4.99 Å². The minimum atomic E-state index is 0.380. The van der Waals surface area contributed by atoms with E-state index in [4.69, 9.17) is 10.3 Å². The summed E-state index contributed by atoms with van der Waals surface area (Å²) in [5, 5.41) is 12.4. The molecule has 0 aliphatic heterocycles. The highest BCUT2D eigenvalue weighted by atomic mass is 14.9. The summed E-state index contributed by atoms with van der Waals surface area (Å²) in [4.78, 5) is 13.5. The van der Waals surface area contributed by atoms with E-state index in [1.807, 2.05) is 67.6 Å². The van der Waals surface area contributed by atoms with Crippen molar-refractivity contribution in [2.45, 2.75) is 13.5 Å². The van der Waals surface area contributed by atoms with Crippen molar-refractivity contribution < 1.29 is 0 Å². The second-order valence-electron chi connectivity index (χ2n) is 7.46. The van der Waals surface area contributed by atoms with Gasteiger partial charge in [0.25, 0.3) is 0 Å². The molecule has 2 aromatic heterocycles. The number of hydrogen-bond acceptors (Lipinski definition) is 5. The minimum Gasteiger partial charge on any atom is -0.379 e. The second kappa shape index (κ2) is 10.2. The Bertz CT molecular complexity index is 1320. The Hall–Kier alpha value is -4.56. The van der Waals surface area contributed by atoms with Gasteiger partial charge in [0.1, 0.15) is 11.8 Å². The summed E-state index contributed by atoms with van der Waals surface area (Å²) in [6, 6.07) is 27.7. The highest BCUT2D eigenvalue weighted by Gasteiger charge is 2.14. The van der Waals surface area contributed by atoms with Gasteiger partial charge in [-0.2, -0.15) is 5.26 Å². The van der Waals surface area contributed by atoms with Gasteiger partial charge in [-0.05, 0) is 48.4 Å². The molecule has 0 amide bonds. The lowest BCUT2D eigenvalue weighted by molar-refractivity contribution is 0.855. The largest absolute Gasteiger partial charge is 0.379 e. The first-order valence-corrected chi connectivity index (χ1v) is 10.6. The minimum absolute atomic E-state index is 0.380. The maximum absolute atomic E-state index is 9.01. The molecule has 4 rings (SSSR count). The molecule has 0 spiro atoms. The first-order chi connectivity index (χ1) is 16.2.